The number of hydrogen-bond donors (Lipinski definition) is 2. The van der Waals surface area contributed by atoms with Crippen LogP contribution in [0.15, 0.2) is 53.6 Å². The fraction of sp³-hybridized carbons (Fsp3) is 0.286. The number of benzene rings is 2. The average molecular weight is 386 g/mol. The molecule has 0 spiro atoms. The van der Waals surface area contributed by atoms with Crippen molar-refractivity contribution in [2.24, 2.45) is 11.0 Å². The van der Waals surface area contributed by atoms with E-state index >= 15 is 0 Å². The Morgan fingerprint density at radius 2 is 1.78 bits per heavy atom. The molecule has 0 aliphatic rings. The Bertz CT molecular complexity index is 845. The number of halogens is 1. The molecule has 2 aromatic carbocycles. The summed E-state index contributed by atoms with van der Waals surface area (Å²) in [7, 11) is 0. The first-order valence-corrected chi connectivity index (χ1v) is 9.34. The third kappa shape index (κ3) is 5.66. The molecule has 2 amide bonds. The third-order valence-corrected chi connectivity index (χ3v) is 4.68. The summed E-state index contributed by atoms with van der Waals surface area (Å²) in [6.45, 7) is 5.79. The van der Waals surface area contributed by atoms with E-state index in [-0.39, 0.29) is 17.7 Å². The summed E-state index contributed by atoms with van der Waals surface area (Å²) in [5.41, 5.74) is 5.00. The van der Waals surface area contributed by atoms with E-state index in [1.165, 1.54) is 0 Å². The number of carbonyl (C=O) groups is 2. The normalized spacial score (nSPS) is 11.4. The van der Waals surface area contributed by atoms with Gasteiger partial charge in [0.1, 0.15) is 0 Å². The minimum absolute atomic E-state index is 0.00155. The summed E-state index contributed by atoms with van der Waals surface area (Å²) in [5, 5.41) is 7.45. The molecule has 2 rings (SSSR count). The monoisotopic (exact) mass is 385 g/mol. The van der Waals surface area contributed by atoms with Gasteiger partial charge in [-0.25, -0.2) is 5.43 Å². The molecule has 0 saturated carbocycles. The second kappa shape index (κ2) is 9.88. The van der Waals surface area contributed by atoms with Crippen LogP contribution in [0.3, 0.4) is 0 Å². The van der Waals surface area contributed by atoms with E-state index in [9.17, 15) is 9.59 Å². The van der Waals surface area contributed by atoms with Crippen LogP contribution in [0.1, 0.15) is 49.5 Å². The molecule has 0 aliphatic heterocycles. The van der Waals surface area contributed by atoms with Crippen molar-refractivity contribution in [3.63, 3.8) is 0 Å². The number of nitrogens with one attached hydrogen (secondary N) is 2. The van der Waals surface area contributed by atoms with Gasteiger partial charge in [0.25, 0.3) is 5.91 Å². The maximum Gasteiger partial charge on any atom is 0.272 e. The molecule has 0 fully saturated rings. The largest absolute Gasteiger partial charge is 0.326 e. The van der Waals surface area contributed by atoms with Crippen LogP contribution in [0.5, 0.6) is 0 Å². The molecule has 0 unspecified atom stereocenters. The van der Waals surface area contributed by atoms with Crippen molar-refractivity contribution in [3.8, 4) is 0 Å². The minimum atomic E-state index is -0.377. The molecule has 0 radical (unpaired) electrons. The lowest BCUT2D eigenvalue weighted by Crippen LogP contribution is -2.22. The zero-order valence-corrected chi connectivity index (χ0v) is 16.5. The quantitative estimate of drug-likeness (QED) is 0.527. The first kappa shape index (κ1) is 20.6. The summed E-state index contributed by atoms with van der Waals surface area (Å²) in [4.78, 5) is 24.4. The van der Waals surface area contributed by atoms with Crippen molar-refractivity contribution in [2.75, 3.05) is 5.32 Å². The highest BCUT2D eigenvalue weighted by atomic mass is 35.5. The Morgan fingerprint density at radius 3 is 2.44 bits per heavy atom. The predicted octanol–water partition coefficient (Wildman–Crippen LogP) is 4.87. The van der Waals surface area contributed by atoms with Crippen LogP contribution in [0.25, 0.3) is 0 Å². The number of carbonyl (C=O) groups excluding carboxylic acids is 2. The zero-order chi connectivity index (χ0) is 19.8. The van der Waals surface area contributed by atoms with Crippen LogP contribution in [-0.2, 0) is 4.79 Å². The lowest BCUT2D eigenvalue weighted by atomic mass is 10.0. The summed E-state index contributed by atoms with van der Waals surface area (Å²) in [6.07, 6.45) is 1.60. The first-order valence-electron chi connectivity index (χ1n) is 8.96. The van der Waals surface area contributed by atoms with Gasteiger partial charge in [0.15, 0.2) is 0 Å². The Morgan fingerprint density at radius 1 is 1.07 bits per heavy atom. The smallest absolute Gasteiger partial charge is 0.272 e. The predicted molar refractivity (Wildman–Crippen MR) is 110 cm³/mol. The Kier molecular flexibility index (Phi) is 7.55. The number of anilines is 1. The van der Waals surface area contributed by atoms with Crippen LogP contribution in [0.4, 0.5) is 5.69 Å². The van der Waals surface area contributed by atoms with Crippen molar-refractivity contribution in [1.82, 2.24) is 5.43 Å². The number of nitrogens with zero attached hydrogens (tertiary/aromatic N) is 1. The molecular formula is C21H24ClN3O2. The molecular weight excluding hydrogens is 362 g/mol. The van der Waals surface area contributed by atoms with Gasteiger partial charge in [-0.2, -0.15) is 5.10 Å². The lowest BCUT2D eigenvalue weighted by molar-refractivity contribution is -0.120. The molecule has 0 aliphatic carbocycles. The van der Waals surface area contributed by atoms with Gasteiger partial charge >= 0.3 is 0 Å². The molecule has 5 nitrogen and oxygen atoms in total. The molecule has 0 aromatic heterocycles. The fourth-order valence-corrected chi connectivity index (χ4v) is 2.85. The van der Waals surface area contributed by atoms with Crippen LogP contribution < -0.4 is 10.7 Å². The Labute approximate surface area is 164 Å². The van der Waals surface area contributed by atoms with E-state index in [0.717, 1.165) is 18.4 Å². The summed E-state index contributed by atoms with van der Waals surface area (Å²) < 4.78 is 0. The standard InChI is InChI=1S/C21H24ClN3O2/c1-4-15(5-2)20(26)23-17-10-8-9-16(13-17)14(3)24-25-21(27)18-11-6-7-12-19(18)22/h6-13,15H,4-5H2,1-3H3,(H,23,26)(H,25,27)/b24-14-. The molecule has 0 heterocycles. The minimum Gasteiger partial charge on any atom is -0.326 e. The van der Waals surface area contributed by atoms with Crippen LogP contribution in [-0.4, -0.2) is 17.5 Å². The highest BCUT2D eigenvalue weighted by Crippen LogP contribution is 2.16. The zero-order valence-electron chi connectivity index (χ0n) is 15.8. The van der Waals surface area contributed by atoms with Crippen molar-refractivity contribution in [1.29, 1.82) is 0 Å². The van der Waals surface area contributed by atoms with Crippen molar-refractivity contribution < 1.29 is 9.59 Å². The third-order valence-electron chi connectivity index (χ3n) is 4.35. The summed E-state index contributed by atoms with van der Waals surface area (Å²) in [6, 6.07) is 14.2. The molecule has 0 atom stereocenters. The van der Waals surface area contributed by atoms with Gasteiger partial charge in [0.2, 0.25) is 5.91 Å². The van der Waals surface area contributed by atoms with Gasteiger partial charge in [0, 0.05) is 11.6 Å². The van der Waals surface area contributed by atoms with Gasteiger partial charge < -0.3 is 5.32 Å². The van der Waals surface area contributed by atoms with Crippen molar-refractivity contribution in [3.05, 3.63) is 64.7 Å². The number of hydrazone groups is 1. The van der Waals surface area contributed by atoms with E-state index in [4.69, 9.17) is 11.6 Å². The number of amides is 2. The number of hydrogen-bond acceptors (Lipinski definition) is 3. The molecule has 0 saturated heterocycles. The van der Waals surface area contributed by atoms with Crippen LogP contribution in [0.2, 0.25) is 5.02 Å². The SMILES string of the molecule is CCC(CC)C(=O)Nc1cccc(/C(C)=N\NC(=O)c2ccccc2Cl)c1. The Hall–Kier alpha value is -2.66. The lowest BCUT2D eigenvalue weighted by Gasteiger charge is -2.13. The average Bonchev–Trinajstić information content (AvgIpc) is 2.67. The van der Waals surface area contributed by atoms with E-state index in [1.807, 2.05) is 38.1 Å². The topological polar surface area (TPSA) is 70.6 Å². The van der Waals surface area contributed by atoms with Gasteiger partial charge in [-0.15, -0.1) is 0 Å². The fourth-order valence-electron chi connectivity index (χ4n) is 2.63. The second-order valence-corrected chi connectivity index (χ2v) is 6.61. The van der Waals surface area contributed by atoms with Crippen molar-refractivity contribution in [2.45, 2.75) is 33.6 Å². The van der Waals surface area contributed by atoms with E-state index in [1.54, 1.807) is 31.2 Å². The highest BCUT2D eigenvalue weighted by molar-refractivity contribution is 6.33. The van der Waals surface area contributed by atoms with Gasteiger partial charge in [0.05, 0.1) is 16.3 Å². The molecule has 2 N–H and O–H groups in total. The molecule has 27 heavy (non-hydrogen) atoms. The number of rotatable bonds is 7. The summed E-state index contributed by atoms with van der Waals surface area (Å²) in [5.74, 6) is -0.366. The first-order chi connectivity index (χ1) is 13.0. The van der Waals surface area contributed by atoms with Crippen LogP contribution in [0, 0.1) is 5.92 Å². The summed E-state index contributed by atoms with van der Waals surface area (Å²) >= 11 is 6.02. The van der Waals surface area contributed by atoms with Gasteiger partial charge in [-0.3, -0.25) is 9.59 Å². The van der Waals surface area contributed by atoms with E-state index in [2.05, 4.69) is 15.8 Å². The maximum absolute atomic E-state index is 12.2. The maximum atomic E-state index is 12.2. The van der Waals surface area contributed by atoms with Crippen molar-refractivity contribution >= 4 is 34.8 Å². The van der Waals surface area contributed by atoms with E-state index < -0.39 is 0 Å². The van der Waals surface area contributed by atoms with Gasteiger partial charge in [-0.05, 0) is 49.6 Å². The second-order valence-electron chi connectivity index (χ2n) is 6.20. The molecule has 0 bridgehead atoms. The van der Waals surface area contributed by atoms with Crippen LogP contribution >= 0.6 is 11.6 Å². The van der Waals surface area contributed by atoms with Gasteiger partial charge in [-0.1, -0.05) is 49.7 Å². The molecule has 2 aromatic rings. The Balaban J connectivity index is 2.09. The molecule has 6 heteroatoms. The van der Waals surface area contributed by atoms with E-state index in [0.29, 0.717) is 22.0 Å². The highest BCUT2D eigenvalue weighted by Gasteiger charge is 2.14. The molecule has 142 valence electrons.